The SMILES string of the molecule is CCCC(C)=CC(C)=O. The van der Waals surface area contributed by atoms with Gasteiger partial charge in [0.2, 0.25) is 0 Å². The molecule has 0 aromatic carbocycles. The number of hydrogen-bond donors (Lipinski definition) is 0. The largest absolute Gasteiger partial charge is 0.295 e. The van der Waals surface area contributed by atoms with E-state index in [0.717, 1.165) is 12.8 Å². The lowest BCUT2D eigenvalue weighted by Gasteiger charge is -1.92. The normalized spacial score (nSPS) is 11.7. The van der Waals surface area contributed by atoms with E-state index >= 15 is 0 Å². The molecule has 0 heterocycles. The third-order valence-electron chi connectivity index (χ3n) is 1.09. The molecule has 0 rings (SSSR count). The lowest BCUT2D eigenvalue weighted by molar-refractivity contribution is -0.112. The minimum Gasteiger partial charge on any atom is -0.295 e. The monoisotopic (exact) mass is 126 g/mol. The molecule has 0 saturated heterocycles. The van der Waals surface area contributed by atoms with Crippen LogP contribution in [0.5, 0.6) is 0 Å². The predicted octanol–water partition coefficient (Wildman–Crippen LogP) is 2.32. The van der Waals surface area contributed by atoms with Crippen molar-refractivity contribution >= 4 is 5.78 Å². The summed E-state index contributed by atoms with van der Waals surface area (Å²) in [5.41, 5.74) is 1.19. The predicted molar refractivity (Wildman–Crippen MR) is 39.3 cm³/mol. The molecule has 0 saturated carbocycles. The maximum absolute atomic E-state index is 10.5. The fraction of sp³-hybridized carbons (Fsp3) is 0.625. The molecule has 0 amide bonds. The van der Waals surface area contributed by atoms with Crippen molar-refractivity contribution in [1.82, 2.24) is 0 Å². The molecular weight excluding hydrogens is 112 g/mol. The number of allylic oxidation sites excluding steroid dienone is 2. The van der Waals surface area contributed by atoms with Crippen LogP contribution in [0, 0.1) is 0 Å². The van der Waals surface area contributed by atoms with E-state index in [1.54, 1.807) is 13.0 Å². The van der Waals surface area contributed by atoms with Crippen molar-refractivity contribution in [2.24, 2.45) is 0 Å². The third kappa shape index (κ3) is 5.28. The van der Waals surface area contributed by atoms with Gasteiger partial charge in [0, 0.05) is 0 Å². The van der Waals surface area contributed by atoms with Crippen LogP contribution in [-0.2, 0) is 4.79 Å². The van der Waals surface area contributed by atoms with Gasteiger partial charge in [-0.3, -0.25) is 4.79 Å². The van der Waals surface area contributed by atoms with Crippen molar-refractivity contribution in [1.29, 1.82) is 0 Å². The van der Waals surface area contributed by atoms with Gasteiger partial charge in [-0.05, 0) is 26.3 Å². The summed E-state index contributed by atoms with van der Waals surface area (Å²) in [7, 11) is 0. The lowest BCUT2D eigenvalue weighted by atomic mass is 10.1. The summed E-state index contributed by atoms with van der Waals surface area (Å²) in [5, 5.41) is 0. The van der Waals surface area contributed by atoms with Gasteiger partial charge in [-0.1, -0.05) is 18.9 Å². The summed E-state index contributed by atoms with van der Waals surface area (Å²) in [6, 6.07) is 0. The summed E-state index contributed by atoms with van der Waals surface area (Å²) in [6.07, 6.45) is 3.86. The first kappa shape index (κ1) is 8.41. The van der Waals surface area contributed by atoms with Gasteiger partial charge >= 0.3 is 0 Å². The summed E-state index contributed by atoms with van der Waals surface area (Å²) >= 11 is 0. The van der Waals surface area contributed by atoms with Crippen molar-refractivity contribution in [2.75, 3.05) is 0 Å². The molecule has 0 aliphatic carbocycles. The van der Waals surface area contributed by atoms with E-state index in [1.807, 2.05) is 6.92 Å². The fourth-order valence-corrected chi connectivity index (χ4v) is 0.813. The summed E-state index contributed by atoms with van der Waals surface area (Å²) < 4.78 is 0. The van der Waals surface area contributed by atoms with Gasteiger partial charge in [0.25, 0.3) is 0 Å². The highest BCUT2D eigenvalue weighted by Crippen LogP contribution is 2.01. The van der Waals surface area contributed by atoms with Crippen LogP contribution in [0.15, 0.2) is 11.6 Å². The minimum atomic E-state index is 0.154. The maximum Gasteiger partial charge on any atom is 0.152 e. The molecule has 0 atom stereocenters. The third-order valence-corrected chi connectivity index (χ3v) is 1.09. The molecule has 0 aliphatic heterocycles. The highest BCUT2D eigenvalue weighted by Gasteiger charge is 1.88. The second-order valence-corrected chi connectivity index (χ2v) is 2.35. The highest BCUT2D eigenvalue weighted by atomic mass is 16.1. The molecule has 0 N–H and O–H groups in total. The van der Waals surface area contributed by atoms with Crippen molar-refractivity contribution in [3.8, 4) is 0 Å². The zero-order chi connectivity index (χ0) is 7.28. The summed E-state index contributed by atoms with van der Waals surface area (Å²) in [5.74, 6) is 0.154. The van der Waals surface area contributed by atoms with Crippen molar-refractivity contribution in [3.05, 3.63) is 11.6 Å². The van der Waals surface area contributed by atoms with Gasteiger partial charge in [-0.15, -0.1) is 0 Å². The molecule has 0 unspecified atom stereocenters. The van der Waals surface area contributed by atoms with Crippen LogP contribution < -0.4 is 0 Å². The molecule has 0 bridgehead atoms. The van der Waals surface area contributed by atoms with Crippen LogP contribution in [-0.4, -0.2) is 5.78 Å². The van der Waals surface area contributed by atoms with Crippen molar-refractivity contribution in [3.63, 3.8) is 0 Å². The van der Waals surface area contributed by atoms with E-state index in [1.165, 1.54) is 5.57 Å². The smallest absolute Gasteiger partial charge is 0.152 e. The van der Waals surface area contributed by atoms with Crippen LogP contribution in [0.4, 0.5) is 0 Å². The minimum absolute atomic E-state index is 0.154. The van der Waals surface area contributed by atoms with Crippen LogP contribution >= 0.6 is 0 Å². The zero-order valence-corrected chi connectivity index (χ0v) is 6.40. The maximum atomic E-state index is 10.5. The zero-order valence-electron chi connectivity index (χ0n) is 6.40. The molecule has 0 radical (unpaired) electrons. The average molecular weight is 126 g/mol. The van der Waals surface area contributed by atoms with Gasteiger partial charge < -0.3 is 0 Å². The average Bonchev–Trinajstić information content (AvgIpc) is 1.63. The number of ketones is 1. The molecule has 52 valence electrons. The van der Waals surface area contributed by atoms with E-state index < -0.39 is 0 Å². The van der Waals surface area contributed by atoms with Crippen LogP contribution in [0.2, 0.25) is 0 Å². The van der Waals surface area contributed by atoms with E-state index in [2.05, 4.69) is 6.92 Å². The second-order valence-electron chi connectivity index (χ2n) is 2.35. The van der Waals surface area contributed by atoms with E-state index in [9.17, 15) is 4.79 Å². The summed E-state index contributed by atoms with van der Waals surface area (Å²) in [6.45, 7) is 5.68. The molecule has 0 fully saturated rings. The molecule has 0 aromatic heterocycles. The lowest BCUT2D eigenvalue weighted by Crippen LogP contribution is -1.84. The first-order valence-corrected chi connectivity index (χ1v) is 3.34. The van der Waals surface area contributed by atoms with Crippen LogP contribution in [0.1, 0.15) is 33.6 Å². The first-order valence-electron chi connectivity index (χ1n) is 3.34. The highest BCUT2D eigenvalue weighted by molar-refractivity contribution is 5.87. The Hall–Kier alpha value is -0.590. The number of carbonyl (C=O) groups is 1. The van der Waals surface area contributed by atoms with E-state index in [-0.39, 0.29) is 5.78 Å². The Morgan fingerprint density at radius 2 is 2.00 bits per heavy atom. The first-order chi connectivity index (χ1) is 4.16. The quantitative estimate of drug-likeness (QED) is 0.530. The number of hydrogen-bond acceptors (Lipinski definition) is 1. The van der Waals surface area contributed by atoms with Crippen molar-refractivity contribution in [2.45, 2.75) is 33.6 Å². The van der Waals surface area contributed by atoms with Gasteiger partial charge in [-0.25, -0.2) is 0 Å². The Morgan fingerprint density at radius 3 is 2.33 bits per heavy atom. The van der Waals surface area contributed by atoms with Crippen molar-refractivity contribution < 1.29 is 4.79 Å². The van der Waals surface area contributed by atoms with Gasteiger partial charge in [0.1, 0.15) is 0 Å². The number of carbonyl (C=O) groups excluding carboxylic acids is 1. The summed E-state index contributed by atoms with van der Waals surface area (Å²) in [4.78, 5) is 10.5. The molecular formula is C8H14O. The van der Waals surface area contributed by atoms with Gasteiger partial charge in [-0.2, -0.15) is 0 Å². The Morgan fingerprint density at radius 1 is 1.44 bits per heavy atom. The van der Waals surface area contributed by atoms with Gasteiger partial charge in [0.15, 0.2) is 5.78 Å². The Bertz CT molecular complexity index is 123. The molecule has 0 aromatic rings. The molecule has 1 heteroatoms. The van der Waals surface area contributed by atoms with Crippen LogP contribution in [0.3, 0.4) is 0 Å². The van der Waals surface area contributed by atoms with E-state index in [4.69, 9.17) is 0 Å². The van der Waals surface area contributed by atoms with Crippen LogP contribution in [0.25, 0.3) is 0 Å². The Kier molecular flexibility index (Phi) is 4.02. The van der Waals surface area contributed by atoms with Gasteiger partial charge in [0.05, 0.1) is 0 Å². The topological polar surface area (TPSA) is 17.1 Å². The molecule has 9 heavy (non-hydrogen) atoms. The fourth-order valence-electron chi connectivity index (χ4n) is 0.813. The molecule has 0 aliphatic rings. The molecule has 1 nitrogen and oxygen atoms in total. The Labute approximate surface area is 56.8 Å². The standard InChI is InChI=1S/C8H14O/c1-4-5-7(2)6-8(3)9/h6H,4-5H2,1-3H3. The second kappa shape index (κ2) is 4.30. The Balaban J connectivity index is 3.69. The molecule has 0 spiro atoms. The van der Waals surface area contributed by atoms with E-state index in [0.29, 0.717) is 0 Å². The number of rotatable bonds is 3.